The Balaban J connectivity index is 0.000000550. The maximum absolute atomic E-state index is 11.5. The van der Waals surface area contributed by atoms with E-state index in [0.29, 0.717) is 12.8 Å². The van der Waals surface area contributed by atoms with Crippen LogP contribution in [0.3, 0.4) is 0 Å². The molecule has 2 atom stereocenters. The number of aromatic nitrogens is 2. The lowest BCUT2D eigenvalue weighted by Crippen LogP contribution is -2.33. The van der Waals surface area contributed by atoms with E-state index in [4.69, 9.17) is 16.3 Å². The van der Waals surface area contributed by atoms with Crippen molar-refractivity contribution >= 4 is 7.85 Å². The number of rotatable bonds is 1. The summed E-state index contributed by atoms with van der Waals surface area (Å²) < 4.78 is 6.28. The molecule has 0 spiro atoms. The molecule has 0 bridgehead atoms. The molecule has 8 heteroatoms. The van der Waals surface area contributed by atoms with Gasteiger partial charge in [0, 0.05) is 19.1 Å². The molecule has 100 valence electrons. The number of terminal acetylenes is 1. The highest BCUT2D eigenvalue weighted by atomic mass is 16.6. The third kappa shape index (κ3) is 3.82. The number of aromatic amines is 1. The number of aliphatic hydroxyl groups excluding tert-OH is 2. The summed E-state index contributed by atoms with van der Waals surface area (Å²) in [5.74, 6) is 2.18. The van der Waals surface area contributed by atoms with Gasteiger partial charge in [-0.05, 0) is 6.42 Å². The fraction of sp³-hybridized carbons (Fsp3) is 0.455. The summed E-state index contributed by atoms with van der Waals surface area (Å²) in [6.07, 6.45) is 5.88. The van der Waals surface area contributed by atoms with Gasteiger partial charge in [-0.3, -0.25) is 14.3 Å². The van der Waals surface area contributed by atoms with Crippen molar-refractivity contribution in [2.24, 2.45) is 0 Å². The molecule has 2 heterocycles. The second-order valence-electron chi connectivity index (χ2n) is 3.66. The third-order valence-corrected chi connectivity index (χ3v) is 2.41. The summed E-state index contributed by atoms with van der Waals surface area (Å²) in [5.41, 5.74) is -1.13. The minimum Gasteiger partial charge on any atom is -0.406 e. The Morgan fingerprint density at radius 1 is 1.58 bits per heavy atom. The van der Waals surface area contributed by atoms with E-state index >= 15 is 0 Å². The van der Waals surface area contributed by atoms with Crippen LogP contribution in [0.1, 0.15) is 24.6 Å². The minimum atomic E-state index is -0.877. The first-order valence-corrected chi connectivity index (χ1v) is 5.50. The van der Waals surface area contributed by atoms with E-state index in [2.05, 4.69) is 18.8 Å². The van der Waals surface area contributed by atoms with Crippen LogP contribution < -0.4 is 11.2 Å². The number of hydrogen-bond acceptors (Lipinski definition) is 5. The maximum Gasteiger partial charge on any atom is 0.330 e. The van der Waals surface area contributed by atoms with Gasteiger partial charge in [-0.25, -0.2) is 4.79 Å². The SMILES string of the molecule is C#Cc1cn(C2CC[C@@H](O)O2)c(=O)[nH]c1=O.[B]CO. The molecule has 1 aliphatic heterocycles. The molecule has 3 N–H and O–H groups in total. The fourth-order valence-electron chi connectivity index (χ4n) is 1.61. The Kier molecular flexibility index (Phi) is 5.57. The van der Waals surface area contributed by atoms with E-state index in [-0.39, 0.29) is 12.1 Å². The Hall–Kier alpha value is -1.82. The number of hydrogen-bond donors (Lipinski definition) is 3. The molecular formula is C11H13BN2O5. The first kappa shape index (κ1) is 15.2. The predicted octanol–water partition coefficient (Wildman–Crippen LogP) is -1.75. The summed E-state index contributed by atoms with van der Waals surface area (Å²) >= 11 is 0. The van der Waals surface area contributed by atoms with Gasteiger partial charge in [0.15, 0.2) is 6.29 Å². The van der Waals surface area contributed by atoms with Gasteiger partial charge in [-0.1, -0.05) is 5.92 Å². The van der Waals surface area contributed by atoms with E-state index in [1.54, 1.807) is 0 Å². The van der Waals surface area contributed by atoms with Crippen LogP contribution in [0, 0.1) is 12.3 Å². The van der Waals surface area contributed by atoms with Crippen molar-refractivity contribution < 1.29 is 14.9 Å². The van der Waals surface area contributed by atoms with Gasteiger partial charge >= 0.3 is 5.69 Å². The molecule has 1 fully saturated rings. The largest absolute Gasteiger partial charge is 0.406 e. The van der Waals surface area contributed by atoms with Crippen LogP contribution >= 0.6 is 0 Å². The van der Waals surface area contributed by atoms with E-state index < -0.39 is 23.8 Å². The number of nitrogens with zero attached hydrogens (tertiary/aromatic N) is 1. The summed E-state index contributed by atoms with van der Waals surface area (Å²) in [5, 5.41) is 16.5. The second-order valence-corrected chi connectivity index (χ2v) is 3.66. The second kappa shape index (κ2) is 6.94. The molecule has 7 nitrogen and oxygen atoms in total. The number of aliphatic hydroxyl groups is 2. The minimum absolute atomic E-state index is 0.0598. The summed E-state index contributed by atoms with van der Waals surface area (Å²) in [6.45, 7) is -0.250. The van der Waals surface area contributed by atoms with Crippen LogP contribution in [-0.2, 0) is 4.74 Å². The molecule has 2 radical (unpaired) electrons. The molecule has 0 aromatic carbocycles. The van der Waals surface area contributed by atoms with Gasteiger partial charge in [0.2, 0.25) is 0 Å². The molecule has 0 saturated carbocycles. The van der Waals surface area contributed by atoms with Crippen LogP contribution in [-0.4, -0.2) is 40.4 Å². The van der Waals surface area contributed by atoms with Crippen LogP contribution in [0.5, 0.6) is 0 Å². The van der Waals surface area contributed by atoms with E-state index in [0.717, 1.165) is 0 Å². The highest BCUT2D eigenvalue weighted by Crippen LogP contribution is 2.24. The quantitative estimate of drug-likeness (QED) is 0.412. The first-order valence-electron chi connectivity index (χ1n) is 5.50. The van der Waals surface area contributed by atoms with Crippen molar-refractivity contribution in [1.82, 2.24) is 9.55 Å². The van der Waals surface area contributed by atoms with E-state index in [1.807, 2.05) is 0 Å². The standard InChI is InChI=1S/C10H10N2O4.CH3BO/c1-2-6-5-12(10(15)11-9(6)14)7-3-4-8(13)16-7;2-1-3/h1,5,7-8,13H,3-4H2,(H,11,14,15);3H,1H2/t7?,8-;/m0./s1. The summed E-state index contributed by atoms with van der Waals surface area (Å²) in [6, 6.07) is 0. The molecule has 0 amide bonds. The lowest BCUT2D eigenvalue weighted by Gasteiger charge is -2.13. The molecule has 1 saturated heterocycles. The Morgan fingerprint density at radius 3 is 2.68 bits per heavy atom. The molecular weight excluding hydrogens is 251 g/mol. The zero-order valence-electron chi connectivity index (χ0n) is 10.1. The van der Waals surface area contributed by atoms with Gasteiger partial charge < -0.3 is 14.9 Å². The lowest BCUT2D eigenvalue weighted by molar-refractivity contribution is -0.113. The Bertz CT molecular complexity index is 574. The fourth-order valence-corrected chi connectivity index (χ4v) is 1.61. The van der Waals surface area contributed by atoms with Crippen molar-refractivity contribution in [1.29, 1.82) is 0 Å². The molecule has 0 aliphatic carbocycles. The zero-order valence-corrected chi connectivity index (χ0v) is 10.1. The Labute approximate surface area is 110 Å². The molecule has 2 rings (SSSR count). The van der Waals surface area contributed by atoms with Crippen molar-refractivity contribution in [3.63, 3.8) is 0 Å². The number of nitrogens with one attached hydrogen (secondary N) is 1. The van der Waals surface area contributed by atoms with Crippen LogP contribution in [0.15, 0.2) is 15.8 Å². The molecule has 1 aromatic heterocycles. The zero-order chi connectivity index (χ0) is 14.4. The number of ether oxygens (including phenoxy) is 1. The van der Waals surface area contributed by atoms with E-state index in [9.17, 15) is 14.7 Å². The maximum atomic E-state index is 11.5. The van der Waals surface area contributed by atoms with Crippen LogP contribution in [0.25, 0.3) is 0 Å². The van der Waals surface area contributed by atoms with Gasteiger partial charge in [0.1, 0.15) is 19.6 Å². The predicted molar refractivity (Wildman–Crippen MR) is 67.5 cm³/mol. The smallest absolute Gasteiger partial charge is 0.330 e. The van der Waals surface area contributed by atoms with Crippen molar-refractivity contribution in [3.8, 4) is 12.3 Å². The summed E-state index contributed by atoms with van der Waals surface area (Å²) in [7, 11) is 4.40. The molecule has 1 aliphatic rings. The highest BCUT2D eigenvalue weighted by molar-refractivity contribution is 6.07. The lowest BCUT2D eigenvalue weighted by atomic mass is 10.2. The van der Waals surface area contributed by atoms with E-state index in [1.165, 1.54) is 10.8 Å². The first-order chi connectivity index (χ1) is 9.03. The van der Waals surface area contributed by atoms with Gasteiger partial charge in [0.05, 0.1) is 0 Å². The van der Waals surface area contributed by atoms with Gasteiger partial charge in [-0.15, -0.1) is 6.42 Å². The topological polar surface area (TPSA) is 105 Å². The van der Waals surface area contributed by atoms with Crippen LogP contribution in [0.4, 0.5) is 0 Å². The monoisotopic (exact) mass is 264 g/mol. The van der Waals surface area contributed by atoms with Gasteiger partial charge in [-0.2, -0.15) is 0 Å². The van der Waals surface area contributed by atoms with Gasteiger partial charge in [0.25, 0.3) is 5.56 Å². The molecule has 1 aromatic rings. The normalized spacial score (nSPS) is 21.3. The molecule has 19 heavy (non-hydrogen) atoms. The number of H-pyrrole nitrogens is 1. The molecule has 1 unspecified atom stereocenters. The highest BCUT2D eigenvalue weighted by Gasteiger charge is 2.25. The third-order valence-electron chi connectivity index (χ3n) is 2.41. The van der Waals surface area contributed by atoms with Crippen molar-refractivity contribution in [3.05, 3.63) is 32.6 Å². The summed E-state index contributed by atoms with van der Waals surface area (Å²) in [4.78, 5) is 24.8. The van der Waals surface area contributed by atoms with Crippen molar-refractivity contribution in [2.75, 3.05) is 6.51 Å². The average molecular weight is 264 g/mol. The average Bonchev–Trinajstić information content (AvgIpc) is 2.77. The van der Waals surface area contributed by atoms with Crippen LogP contribution in [0.2, 0.25) is 0 Å². The van der Waals surface area contributed by atoms with Crippen molar-refractivity contribution in [2.45, 2.75) is 25.4 Å². The Morgan fingerprint density at radius 2 is 2.21 bits per heavy atom.